The van der Waals surface area contributed by atoms with Gasteiger partial charge in [0.25, 0.3) is 0 Å². The van der Waals surface area contributed by atoms with E-state index in [0.29, 0.717) is 24.7 Å². The minimum absolute atomic E-state index is 0.0229. The number of rotatable bonds is 8. The third-order valence-corrected chi connectivity index (χ3v) is 4.58. The molecular formula is C19H26N4O3S. The lowest BCUT2D eigenvalue weighted by Crippen LogP contribution is -2.39. The normalized spacial score (nSPS) is 13.1. The summed E-state index contributed by atoms with van der Waals surface area (Å²) in [6, 6.07) is 17.0. The summed E-state index contributed by atoms with van der Waals surface area (Å²) in [5.41, 5.74) is 2.37. The zero-order valence-corrected chi connectivity index (χ0v) is 16.3. The highest BCUT2D eigenvalue weighted by molar-refractivity contribution is 7.92. The fourth-order valence-corrected chi connectivity index (χ4v) is 3.20. The van der Waals surface area contributed by atoms with Gasteiger partial charge in [0.15, 0.2) is 5.96 Å². The minimum atomic E-state index is -3.35. The number of aliphatic imine (C=N–C) groups is 1. The van der Waals surface area contributed by atoms with Gasteiger partial charge in [-0.1, -0.05) is 48.5 Å². The predicted molar refractivity (Wildman–Crippen MR) is 109 cm³/mol. The van der Waals surface area contributed by atoms with Gasteiger partial charge in [0.2, 0.25) is 10.0 Å². The van der Waals surface area contributed by atoms with Gasteiger partial charge in [-0.2, -0.15) is 0 Å². The Balaban J connectivity index is 1.96. The smallest absolute Gasteiger partial charge is 0.229 e. The molecule has 0 spiro atoms. The molecule has 0 aliphatic rings. The van der Waals surface area contributed by atoms with Crippen molar-refractivity contribution < 1.29 is 13.5 Å². The number of sulfonamides is 1. The van der Waals surface area contributed by atoms with Crippen LogP contribution in [0.4, 0.5) is 5.69 Å². The summed E-state index contributed by atoms with van der Waals surface area (Å²) in [7, 11) is -1.69. The molecule has 0 radical (unpaired) electrons. The number of aliphatic hydroxyl groups excluding tert-OH is 1. The van der Waals surface area contributed by atoms with Gasteiger partial charge in [-0.25, -0.2) is 8.42 Å². The van der Waals surface area contributed by atoms with Crippen molar-refractivity contribution in [1.82, 2.24) is 10.6 Å². The van der Waals surface area contributed by atoms with Gasteiger partial charge >= 0.3 is 0 Å². The molecule has 4 N–H and O–H groups in total. The summed E-state index contributed by atoms with van der Waals surface area (Å²) < 4.78 is 25.5. The second-order valence-corrected chi connectivity index (χ2v) is 7.88. The van der Waals surface area contributed by atoms with Gasteiger partial charge in [0, 0.05) is 26.1 Å². The lowest BCUT2D eigenvalue weighted by molar-refractivity contribution is 0.265. The highest BCUT2D eigenvalue weighted by Gasteiger charge is 2.11. The summed E-state index contributed by atoms with van der Waals surface area (Å²) in [6.45, 7) is 0.937. The Morgan fingerprint density at radius 3 is 2.37 bits per heavy atom. The first kappa shape index (κ1) is 20.7. The number of benzene rings is 2. The van der Waals surface area contributed by atoms with E-state index in [0.717, 1.165) is 17.4 Å². The molecule has 0 aliphatic heterocycles. The fraction of sp³-hybridized carbons (Fsp3) is 0.316. The molecule has 2 rings (SSSR count). The lowest BCUT2D eigenvalue weighted by Gasteiger charge is -2.18. The number of nitrogens with one attached hydrogen (secondary N) is 3. The molecule has 0 amide bonds. The molecule has 0 aromatic heterocycles. The molecule has 27 heavy (non-hydrogen) atoms. The first-order valence-electron chi connectivity index (χ1n) is 8.59. The molecular weight excluding hydrogens is 364 g/mol. The third-order valence-electron chi connectivity index (χ3n) is 3.99. The van der Waals surface area contributed by atoms with Crippen molar-refractivity contribution >= 4 is 21.7 Å². The zero-order chi connectivity index (χ0) is 19.7. The highest BCUT2D eigenvalue weighted by atomic mass is 32.2. The number of para-hydroxylation sites is 1. The Labute approximate surface area is 160 Å². The number of anilines is 1. The molecule has 0 fully saturated rings. The SMILES string of the molecule is CN=C(NCc1ccccc1NS(C)(=O)=O)NCC(CO)c1ccccc1. The monoisotopic (exact) mass is 390 g/mol. The summed E-state index contributed by atoms with van der Waals surface area (Å²) in [5.74, 6) is 0.516. The molecule has 146 valence electrons. The van der Waals surface area contributed by atoms with Gasteiger partial charge < -0.3 is 15.7 Å². The molecule has 1 atom stereocenters. The van der Waals surface area contributed by atoms with Gasteiger partial charge in [-0.3, -0.25) is 9.71 Å². The van der Waals surface area contributed by atoms with Crippen molar-refractivity contribution in [3.63, 3.8) is 0 Å². The van der Waals surface area contributed by atoms with Crippen LogP contribution in [-0.2, 0) is 16.6 Å². The van der Waals surface area contributed by atoms with Crippen molar-refractivity contribution in [2.24, 2.45) is 4.99 Å². The van der Waals surface area contributed by atoms with E-state index in [2.05, 4.69) is 20.3 Å². The Bertz CT molecular complexity index is 854. The molecule has 0 saturated heterocycles. The maximum Gasteiger partial charge on any atom is 0.229 e. The lowest BCUT2D eigenvalue weighted by atomic mass is 10.0. The van der Waals surface area contributed by atoms with E-state index < -0.39 is 10.0 Å². The minimum Gasteiger partial charge on any atom is -0.396 e. The fourth-order valence-electron chi connectivity index (χ4n) is 2.61. The van der Waals surface area contributed by atoms with E-state index >= 15 is 0 Å². The molecule has 7 nitrogen and oxygen atoms in total. The molecule has 8 heteroatoms. The average Bonchev–Trinajstić information content (AvgIpc) is 2.65. The molecule has 0 heterocycles. The van der Waals surface area contributed by atoms with Crippen LogP contribution in [0.1, 0.15) is 17.0 Å². The number of guanidine groups is 1. The van der Waals surface area contributed by atoms with Crippen LogP contribution < -0.4 is 15.4 Å². The van der Waals surface area contributed by atoms with Crippen molar-refractivity contribution in [1.29, 1.82) is 0 Å². The molecule has 0 aliphatic carbocycles. The first-order valence-corrected chi connectivity index (χ1v) is 10.5. The van der Waals surface area contributed by atoms with Gasteiger partial charge in [-0.15, -0.1) is 0 Å². The van der Waals surface area contributed by atoms with E-state index in [1.165, 1.54) is 0 Å². The van der Waals surface area contributed by atoms with Crippen LogP contribution in [0, 0.1) is 0 Å². The Morgan fingerprint density at radius 2 is 1.74 bits per heavy atom. The highest BCUT2D eigenvalue weighted by Crippen LogP contribution is 2.16. The Hall–Kier alpha value is -2.58. The van der Waals surface area contributed by atoms with Crippen LogP contribution in [0.5, 0.6) is 0 Å². The Morgan fingerprint density at radius 1 is 1.07 bits per heavy atom. The predicted octanol–water partition coefficient (Wildman–Crippen LogP) is 1.50. The van der Waals surface area contributed by atoms with Crippen molar-refractivity contribution in [3.8, 4) is 0 Å². The zero-order valence-electron chi connectivity index (χ0n) is 15.5. The quantitative estimate of drug-likeness (QED) is 0.404. The van der Waals surface area contributed by atoms with Gasteiger partial charge in [-0.05, 0) is 17.2 Å². The second-order valence-electron chi connectivity index (χ2n) is 6.13. The number of aliphatic hydroxyl groups is 1. The Kier molecular flexibility index (Phi) is 7.63. The third kappa shape index (κ3) is 6.92. The van der Waals surface area contributed by atoms with Crippen LogP contribution in [0.15, 0.2) is 59.6 Å². The molecule has 2 aromatic carbocycles. The summed E-state index contributed by atoms with van der Waals surface area (Å²) >= 11 is 0. The number of nitrogens with zero attached hydrogens (tertiary/aromatic N) is 1. The molecule has 2 aromatic rings. The van der Waals surface area contributed by atoms with Crippen LogP contribution >= 0.6 is 0 Å². The number of hydrogen-bond acceptors (Lipinski definition) is 4. The standard InChI is InChI=1S/C19H26N4O3S/c1-20-19(22-13-17(14-24)15-8-4-3-5-9-15)21-12-16-10-6-7-11-18(16)23-27(2,25)26/h3-11,17,23-24H,12-14H2,1-2H3,(H2,20,21,22). The van der Waals surface area contributed by atoms with E-state index in [1.54, 1.807) is 19.2 Å². The topological polar surface area (TPSA) is 103 Å². The molecule has 0 bridgehead atoms. The van der Waals surface area contributed by atoms with Crippen LogP contribution in [-0.4, -0.2) is 45.9 Å². The van der Waals surface area contributed by atoms with Crippen LogP contribution in [0.2, 0.25) is 0 Å². The maximum absolute atomic E-state index is 11.5. The summed E-state index contributed by atoms with van der Waals surface area (Å²) in [5, 5.41) is 16.0. The van der Waals surface area contributed by atoms with Crippen LogP contribution in [0.25, 0.3) is 0 Å². The van der Waals surface area contributed by atoms with Crippen molar-refractivity contribution in [2.45, 2.75) is 12.5 Å². The summed E-state index contributed by atoms with van der Waals surface area (Å²) in [6.07, 6.45) is 1.12. The van der Waals surface area contributed by atoms with E-state index in [9.17, 15) is 13.5 Å². The average molecular weight is 391 g/mol. The van der Waals surface area contributed by atoms with Gasteiger partial charge in [0.1, 0.15) is 0 Å². The van der Waals surface area contributed by atoms with E-state index in [-0.39, 0.29) is 12.5 Å². The number of hydrogen-bond donors (Lipinski definition) is 4. The van der Waals surface area contributed by atoms with E-state index in [1.807, 2.05) is 42.5 Å². The first-order chi connectivity index (χ1) is 12.9. The largest absolute Gasteiger partial charge is 0.396 e. The van der Waals surface area contributed by atoms with Gasteiger partial charge in [0.05, 0.1) is 18.6 Å². The maximum atomic E-state index is 11.5. The summed E-state index contributed by atoms with van der Waals surface area (Å²) in [4.78, 5) is 4.18. The van der Waals surface area contributed by atoms with E-state index in [4.69, 9.17) is 0 Å². The molecule has 0 saturated carbocycles. The van der Waals surface area contributed by atoms with Crippen molar-refractivity contribution in [3.05, 3.63) is 65.7 Å². The second kappa shape index (κ2) is 9.94. The van der Waals surface area contributed by atoms with Crippen LogP contribution in [0.3, 0.4) is 0 Å². The molecule has 1 unspecified atom stereocenters. The van der Waals surface area contributed by atoms with Crippen molar-refractivity contribution in [2.75, 3.05) is 31.2 Å².